The van der Waals surface area contributed by atoms with Crippen LogP contribution in [0.5, 0.6) is 5.75 Å². The van der Waals surface area contributed by atoms with Crippen LogP contribution in [-0.2, 0) is 4.74 Å². The molecule has 0 spiro atoms. The van der Waals surface area contributed by atoms with Crippen molar-refractivity contribution in [1.82, 2.24) is 0 Å². The molecule has 1 aliphatic carbocycles. The van der Waals surface area contributed by atoms with Gasteiger partial charge >= 0.3 is 0 Å². The summed E-state index contributed by atoms with van der Waals surface area (Å²) in [6.45, 7) is 4.25. The second-order valence-corrected chi connectivity index (χ2v) is 7.56. The monoisotopic (exact) mass is 432 g/mol. The van der Waals surface area contributed by atoms with E-state index in [1.165, 1.54) is 11.1 Å². The molecule has 1 aliphatic rings. The van der Waals surface area contributed by atoms with Crippen molar-refractivity contribution in [3.05, 3.63) is 83.6 Å². The summed E-state index contributed by atoms with van der Waals surface area (Å²) in [5.41, 5.74) is 3.48. The van der Waals surface area contributed by atoms with Crippen LogP contribution in [0.2, 0.25) is 0 Å². The van der Waals surface area contributed by atoms with Crippen LogP contribution in [0.15, 0.2) is 78.1 Å². The molecule has 2 nitrogen and oxygen atoms in total. The predicted molar refractivity (Wildman–Crippen MR) is 107 cm³/mol. The summed E-state index contributed by atoms with van der Waals surface area (Å²) >= 11 is 2.43. The lowest BCUT2D eigenvalue weighted by molar-refractivity contribution is 0.142. The van der Waals surface area contributed by atoms with Gasteiger partial charge in [-0.3, -0.25) is 0 Å². The fourth-order valence-electron chi connectivity index (χ4n) is 3.17. The highest BCUT2D eigenvalue weighted by Gasteiger charge is 2.45. The largest absolute Gasteiger partial charge is 0.500 e. The van der Waals surface area contributed by atoms with Crippen molar-refractivity contribution in [1.29, 1.82) is 0 Å². The zero-order valence-corrected chi connectivity index (χ0v) is 16.3. The molecule has 2 aromatic rings. The van der Waals surface area contributed by atoms with E-state index in [0.717, 1.165) is 17.1 Å². The molecule has 3 rings (SSSR count). The highest BCUT2D eigenvalue weighted by atomic mass is 127. The maximum atomic E-state index is 6.51. The number of para-hydroxylation sites is 1. The minimum atomic E-state index is -0.536. The van der Waals surface area contributed by atoms with Gasteiger partial charge in [0.15, 0.2) is 3.61 Å². The van der Waals surface area contributed by atoms with Crippen molar-refractivity contribution in [2.45, 2.75) is 17.5 Å². The van der Waals surface area contributed by atoms with Crippen molar-refractivity contribution in [3.63, 3.8) is 0 Å². The molecule has 0 bridgehead atoms. The molecule has 2 aromatic carbocycles. The van der Waals surface area contributed by atoms with E-state index in [4.69, 9.17) is 9.47 Å². The van der Waals surface area contributed by atoms with E-state index in [2.05, 4.69) is 66.8 Å². The van der Waals surface area contributed by atoms with Crippen molar-refractivity contribution >= 4 is 28.2 Å². The lowest BCUT2D eigenvalue weighted by Crippen LogP contribution is -2.41. The smallest absolute Gasteiger partial charge is 0.194 e. The molecular formula is C21H21IO2. The Morgan fingerprint density at radius 3 is 2.12 bits per heavy atom. The Morgan fingerprint density at radius 2 is 1.54 bits per heavy atom. The molecule has 0 heterocycles. The van der Waals surface area contributed by atoms with Crippen LogP contribution < -0.4 is 4.74 Å². The Balaban J connectivity index is 2.11. The number of benzene rings is 2. The number of hydrogen-bond acceptors (Lipinski definition) is 2. The quantitative estimate of drug-likeness (QED) is 0.446. The van der Waals surface area contributed by atoms with E-state index in [9.17, 15) is 0 Å². The summed E-state index contributed by atoms with van der Waals surface area (Å²) < 4.78 is 11.7. The zero-order valence-electron chi connectivity index (χ0n) is 14.1. The third-order valence-electron chi connectivity index (χ3n) is 4.38. The predicted octanol–water partition coefficient (Wildman–Crippen LogP) is 5.85. The van der Waals surface area contributed by atoms with Gasteiger partial charge in [-0.15, -0.1) is 0 Å². The number of alkyl halides is 1. The SMILES string of the molecule is COC1=C(C)C=C(c2ccccc2)C(I)(Oc2ccccc2)C1C. The van der Waals surface area contributed by atoms with Gasteiger partial charge in [0.25, 0.3) is 0 Å². The molecule has 0 aromatic heterocycles. The topological polar surface area (TPSA) is 18.5 Å². The van der Waals surface area contributed by atoms with E-state index in [-0.39, 0.29) is 5.92 Å². The van der Waals surface area contributed by atoms with Crippen molar-refractivity contribution in [2.75, 3.05) is 7.11 Å². The van der Waals surface area contributed by atoms with Gasteiger partial charge in [-0.25, -0.2) is 0 Å². The average Bonchev–Trinajstić information content (AvgIpc) is 2.60. The molecule has 3 heteroatoms. The molecule has 0 aliphatic heterocycles. The highest BCUT2D eigenvalue weighted by Crippen LogP contribution is 2.49. The number of hydrogen-bond donors (Lipinski definition) is 0. The Bertz CT molecular complexity index is 765. The molecule has 0 saturated heterocycles. The minimum Gasteiger partial charge on any atom is -0.500 e. The van der Waals surface area contributed by atoms with Crippen LogP contribution in [0.25, 0.3) is 5.57 Å². The number of allylic oxidation sites excluding steroid dienone is 2. The summed E-state index contributed by atoms with van der Waals surface area (Å²) in [5.74, 6) is 1.92. The van der Waals surface area contributed by atoms with Crippen molar-refractivity contribution in [2.24, 2.45) is 5.92 Å². The second-order valence-electron chi connectivity index (χ2n) is 5.96. The Morgan fingerprint density at radius 1 is 0.958 bits per heavy atom. The molecular weight excluding hydrogens is 411 g/mol. The molecule has 124 valence electrons. The zero-order chi connectivity index (χ0) is 17.2. The Labute approximate surface area is 157 Å². The molecule has 0 saturated carbocycles. The van der Waals surface area contributed by atoms with Gasteiger partial charge in [0.1, 0.15) is 11.5 Å². The lowest BCUT2D eigenvalue weighted by atomic mass is 9.83. The Hall–Kier alpha value is -1.75. The summed E-state index contributed by atoms with van der Waals surface area (Å²) in [6, 6.07) is 20.4. The summed E-state index contributed by atoms with van der Waals surface area (Å²) in [5, 5.41) is 0. The van der Waals surface area contributed by atoms with E-state index >= 15 is 0 Å². The van der Waals surface area contributed by atoms with E-state index < -0.39 is 3.61 Å². The maximum Gasteiger partial charge on any atom is 0.194 e. The standard InChI is InChI=1S/C21H21IO2/c1-15-14-19(17-10-6-4-7-11-17)21(22,16(2)20(15)23-3)24-18-12-8-5-9-13-18/h4-14,16H,1-3H3. The van der Waals surface area contributed by atoms with Crippen LogP contribution in [-0.4, -0.2) is 10.7 Å². The molecule has 2 unspecified atom stereocenters. The fraction of sp³-hybridized carbons (Fsp3) is 0.238. The van der Waals surface area contributed by atoms with Gasteiger partial charge in [-0.05, 0) is 58.9 Å². The van der Waals surface area contributed by atoms with Crippen LogP contribution in [0.3, 0.4) is 0 Å². The first-order chi connectivity index (χ1) is 11.6. The lowest BCUT2D eigenvalue weighted by Gasteiger charge is -2.40. The van der Waals surface area contributed by atoms with Crippen LogP contribution in [0.1, 0.15) is 19.4 Å². The van der Waals surface area contributed by atoms with Crippen LogP contribution in [0.4, 0.5) is 0 Å². The molecule has 0 amide bonds. The minimum absolute atomic E-state index is 0.0866. The summed E-state index contributed by atoms with van der Waals surface area (Å²) in [6.07, 6.45) is 2.18. The van der Waals surface area contributed by atoms with Gasteiger partial charge in [0.2, 0.25) is 0 Å². The molecule has 2 atom stereocenters. The van der Waals surface area contributed by atoms with Gasteiger partial charge in [0, 0.05) is 5.57 Å². The van der Waals surface area contributed by atoms with Gasteiger partial charge in [-0.2, -0.15) is 0 Å². The number of ether oxygens (including phenoxy) is 2. The summed E-state index contributed by atoms with van der Waals surface area (Å²) in [7, 11) is 1.73. The molecule has 0 fully saturated rings. The van der Waals surface area contributed by atoms with E-state index in [0.29, 0.717) is 0 Å². The third-order valence-corrected chi connectivity index (χ3v) is 6.12. The summed E-state index contributed by atoms with van der Waals surface area (Å²) in [4.78, 5) is 0. The molecule has 0 radical (unpaired) electrons. The highest BCUT2D eigenvalue weighted by molar-refractivity contribution is 14.1. The number of rotatable bonds is 4. The van der Waals surface area contributed by atoms with Gasteiger partial charge < -0.3 is 9.47 Å². The average molecular weight is 432 g/mol. The normalized spacial score (nSPS) is 23.7. The first kappa shape index (κ1) is 17.1. The number of halogens is 1. The van der Waals surface area contributed by atoms with Gasteiger partial charge in [0.05, 0.1) is 13.0 Å². The van der Waals surface area contributed by atoms with Crippen molar-refractivity contribution < 1.29 is 9.47 Å². The third kappa shape index (κ3) is 3.09. The maximum absolute atomic E-state index is 6.51. The van der Waals surface area contributed by atoms with Crippen molar-refractivity contribution in [3.8, 4) is 5.75 Å². The second kappa shape index (κ2) is 7.01. The van der Waals surface area contributed by atoms with Gasteiger partial charge in [-0.1, -0.05) is 55.5 Å². The molecule has 24 heavy (non-hydrogen) atoms. The fourth-order valence-corrected chi connectivity index (χ4v) is 4.17. The van der Waals surface area contributed by atoms with E-state index in [1.807, 2.05) is 36.4 Å². The first-order valence-electron chi connectivity index (χ1n) is 8.01. The van der Waals surface area contributed by atoms with Crippen LogP contribution >= 0.6 is 22.6 Å². The van der Waals surface area contributed by atoms with Crippen LogP contribution in [0, 0.1) is 5.92 Å². The number of methoxy groups -OCH3 is 1. The Kier molecular flexibility index (Phi) is 4.99. The first-order valence-corrected chi connectivity index (χ1v) is 9.09. The molecule has 0 N–H and O–H groups in total. The van der Waals surface area contributed by atoms with E-state index in [1.54, 1.807) is 7.11 Å².